The van der Waals surface area contributed by atoms with E-state index in [0.717, 1.165) is 0 Å². The van der Waals surface area contributed by atoms with E-state index in [4.69, 9.17) is 5.11 Å². The molecular formula is C3H8OTl. The summed E-state index contributed by atoms with van der Waals surface area (Å²) in [6.07, 6.45) is -0.167. The van der Waals surface area contributed by atoms with Gasteiger partial charge in [-0.1, -0.05) is 0 Å². The van der Waals surface area contributed by atoms with Crippen LogP contribution in [0, 0.1) is 0 Å². The van der Waals surface area contributed by atoms with Gasteiger partial charge >= 0.3 is 0 Å². The number of aliphatic hydroxyl groups is 1. The summed E-state index contributed by atoms with van der Waals surface area (Å²) in [5.41, 5.74) is 0. The van der Waals surface area contributed by atoms with Crippen LogP contribution in [0.4, 0.5) is 0 Å². The summed E-state index contributed by atoms with van der Waals surface area (Å²) in [5, 5.41) is 8.06. The second-order valence-corrected chi connectivity index (χ2v) is 1.09. The Bertz CT molecular complexity index is 11.6. The molecule has 0 bridgehead atoms. The average molecular weight is 264 g/mol. The van der Waals surface area contributed by atoms with Crippen molar-refractivity contribution in [1.82, 2.24) is 0 Å². The molecule has 1 nitrogen and oxygen atoms in total. The fourth-order valence-corrected chi connectivity index (χ4v) is 0. The smallest absolute Gasteiger partial charge is 0.0483 e. The predicted octanol–water partition coefficient (Wildman–Crippen LogP) is 0.00630. The van der Waals surface area contributed by atoms with Gasteiger partial charge in [-0.15, -0.1) is 0 Å². The van der Waals surface area contributed by atoms with Crippen molar-refractivity contribution >= 4 is 27.3 Å². The Labute approximate surface area is 52.5 Å². The van der Waals surface area contributed by atoms with Crippen LogP contribution in [0.3, 0.4) is 0 Å². The molecule has 0 aromatic carbocycles. The van der Waals surface area contributed by atoms with Crippen molar-refractivity contribution < 1.29 is 5.11 Å². The van der Waals surface area contributed by atoms with E-state index in [1.165, 1.54) is 0 Å². The Morgan fingerprint density at radius 2 is 1.40 bits per heavy atom. The van der Waals surface area contributed by atoms with Crippen molar-refractivity contribution in [2.75, 3.05) is 0 Å². The van der Waals surface area contributed by atoms with Crippen LogP contribution in [0.5, 0.6) is 0 Å². The second kappa shape index (κ2) is 4.88. The van der Waals surface area contributed by atoms with Crippen molar-refractivity contribution in [3.8, 4) is 0 Å². The van der Waals surface area contributed by atoms with Gasteiger partial charge in [-0.2, -0.15) is 0 Å². The number of aliphatic hydroxyl groups excluding tert-OH is 1. The molecule has 0 saturated heterocycles. The van der Waals surface area contributed by atoms with E-state index in [9.17, 15) is 0 Å². The minimum atomic E-state index is -0.167. The first-order chi connectivity index (χ1) is 1.73. The summed E-state index contributed by atoms with van der Waals surface area (Å²) in [4.78, 5) is 0. The first-order valence-corrected chi connectivity index (χ1v) is 1.41. The van der Waals surface area contributed by atoms with Gasteiger partial charge in [0, 0.05) is 33.4 Å². The quantitative estimate of drug-likeness (QED) is 0.611. The molecule has 0 spiro atoms. The third-order valence-electron chi connectivity index (χ3n) is 0. The first kappa shape index (κ1) is 9.30. The molecule has 0 aromatic heterocycles. The largest absolute Gasteiger partial charge is 0.394 e. The Balaban J connectivity index is 0. The van der Waals surface area contributed by atoms with E-state index in [2.05, 4.69) is 0 Å². The van der Waals surface area contributed by atoms with Crippen LogP contribution in [0.2, 0.25) is 0 Å². The van der Waals surface area contributed by atoms with Crippen LogP contribution in [-0.4, -0.2) is 38.5 Å². The maximum Gasteiger partial charge on any atom is 0.0483 e. The SMILES string of the molecule is CC(C)O.[Tl]. The molecule has 0 aromatic rings. The van der Waals surface area contributed by atoms with Crippen LogP contribution in [0.15, 0.2) is 0 Å². The van der Waals surface area contributed by atoms with Gasteiger partial charge in [-0.05, 0) is 13.8 Å². The van der Waals surface area contributed by atoms with Gasteiger partial charge in [-0.3, -0.25) is 0 Å². The fraction of sp³-hybridized carbons (Fsp3) is 1.00. The number of hydrogen-bond acceptors (Lipinski definition) is 1. The average Bonchev–Trinajstić information content (AvgIpc) is 0.811. The van der Waals surface area contributed by atoms with Gasteiger partial charge in [0.05, 0.1) is 0 Å². The molecule has 0 aliphatic heterocycles. The van der Waals surface area contributed by atoms with E-state index in [-0.39, 0.29) is 33.4 Å². The Morgan fingerprint density at radius 3 is 1.40 bits per heavy atom. The van der Waals surface area contributed by atoms with E-state index in [1.54, 1.807) is 13.8 Å². The molecule has 0 atom stereocenters. The zero-order chi connectivity index (χ0) is 3.58. The fourth-order valence-electron chi connectivity index (χ4n) is 0. The number of hydrogen-bond donors (Lipinski definition) is 1. The molecule has 29 valence electrons. The molecule has 0 heterocycles. The minimum Gasteiger partial charge on any atom is -0.394 e. The predicted molar refractivity (Wildman–Crippen MR) is 23.1 cm³/mol. The summed E-state index contributed by atoms with van der Waals surface area (Å²) in [7, 11) is 0. The van der Waals surface area contributed by atoms with Crippen molar-refractivity contribution in [3.05, 3.63) is 0 Å². The molecule has 2 heteroatoms. The Morgan fingerprint density at radius 1 is 1.40 bits per heavy atom. The molecule has 0 unspecified atom stereocenters. The zero-order valence-corrected chi connectivity index (χ0v) is 8.09. The third-order valence-corrected chi connectivity index (χ3v) is 0. The Hall–Kier alpha value is 0.882. The van der Waals surface area contributed by atoms with Crippen LogP contribution in [0.25, 0.3) is 0 Å². The molecule has 5 heavy (non-hydrogen) atoms. The molecule has 1 N–H and O–H groups in total. The maximum atomic E-state index is 8.06. The second-order valence-electron chi connectivity index (χ2n) is 1.09. The Kier molecular flexibility index (Phi) is 9.08. The van der Waals surface area contributed by atoms with Crippen molar-refractivity contribution in [2.24, 2.45) is 0 Å². The van der Waals surface area contributed by atoms with E-state index < -0.39 is 0 Å². The van der Waals surface area contributed by atoms with Gasteiger partial charge in [0.1, 0.15) is 0 Å². The molecule has 0 aliphatic carbocycles. The van der Waals surface area contributed by atoms with Gasteiger partial charge in [-0.25, -0.2) is 0 Å². The van der Waals surface area contributed by atoms with Crippen LogP contribution in [-0.2, 0) is 0 Å². The topological polar surface area (TPSA) is 20.2 Å². The maximum absolute atomic E-state index is 8.06. The standard InChI is InChI=1S/C3H8O.Tl/c1-3(2)4;/h3-4H,1-2H3;. The molecular weight excluding hydrogens is 256 g/mol. The monoisotopic (exact) mass is 265 g/mol. The van der Waals surface area contributed by atoms with Crippen LogP contribution in [0.1, 0.15) is 13.8 Å². The summed E-state index contributed by atoms with van der Waals surface area (Å²) >= 11 is 0. The first-order valence-electron chi connectivity index (χ1n) is 1.41. The third kappa shape index (κ3) is 52.1. The summed E-state index contributed by atoms with van der Waals surface area (Å²) < 4.78 is 0. The van der Waals surface area contributed by atoms with E-state index >= 15 is 0 Å². The van der Waals surface area contributed by atoms with E-state index in [0.29, 0.717) is 0 Å². The summed E-state index contributed by atoms with van der Waals surface area (Å²) in [6, 6.07) is 0. The molecule has 0 rings (SSSR count). The summed E-state index contributed by atoms with van der Waals surface area (Å²) in [6.45, 7) is 3.44. The van der Waals surface area contributed by atoms with Gasteiger partial charge in [0.25, 0.3) is 0 Å². The molecule has 1 radical (unpaired) electrons. The normalized spacial score (nSPS) is 7.20. The molecule has 0 saturated carbocycles. The minimum absolute atomic E-state index is 0. The van der Waals surface area contributed by atoms with Crippen LogP contribution >= 0.6 is 0 Å². The van der Waals surface area contributed by atoms with Crippen molar-refractivity contribution in [1.29, 1.82) is 0 Å². The van der Waals surface area contributed by atoms with Crippen molar-refractivity contribution in [2.45, 2.75) is 20.0 Å². The van der Waals surface area contributed by atoms with Gasteiger partial charge in [0.15, 0.2) is 0 Å². The zero-order valence-electron chi connectivity index (χ0n) is 3.60. The van der Waals surface area contributed by atoms with Crippen LogP contribution < -0.4 is 0 Å². The summed E-state index contributed by atoms with van der Waals surface area (Å²) in [5.74, 6) is 0. The van der Waals surface area contributed by atoms with Gasteiger partial charge < -0.3 is 5.11 Å². The molecule has 0 amide bonds. The van der Waals surface area contributed by atoms with Crippen molar-refractivity contribution in [3.63, 3.8) is 0 Å². The molecule has 0 aliphatic rings. The van der Waals surface area contributed by atoms with Gasteiger partial charge in [0.2, 0.25) is 0 Å². The van der Waals surface area contributed by atoms with E-state index in [1.807, 2.05) is 0 Å². The number of rotatable bonds is 0. The molecule has 0 fully saturated rings.